The molecular formula is C24H20F3N3O6. The quantitative estimate of drug-likeness (QED) is 0.332. The monoisotopic (exact) mass is 503 g/mol. The van der Waals surface area contributed by atoms with E-state index in [-0.39, 0.29) is 29.4 Å². The number of hydrogen-bond donors (Lipinski definition) is 5. The Morgan fingerprint density at radius 2 is 1.67 bits per heavy atom. The van der Waals surface area contributed by atoms with E-state index in [1.54, 1.807) is 0 Å². The van der Waals surface area contributed by atoms with Gasteiger partial charge in [0.15, 0.2) is 0 Å². The van der Waals surface area contributed by atoms with Crippen LogP contribution in [0.15, 0.2) is 54.7 Å². The van der Waals surface area contributed by atoms with Crippen molar-refractivity contribution < 1.29 is 42.8 Å². The van der Waals surface area contributed by atoms with Crippen LogP contribution in [0.3, 0.4) is 0 Å². The lowest BCUT2D eigenvalue weighted by molar-refractivity contribution is -0.138. The maximum absolute atomic E-state index is 13.2. The molecule has 5 N–H and O–H groups in total. The van der Waals surface area contributed by atoms with Gasteiger partial charge in [0.25, 0.3) is 5.91 Å². The Morgan fingerprint density at radius 1 is 0.972 bits per heavy atom. The van der Waals surface area contributed by atoms with Gasteiger partial charge >= 0.3 is 6.18 Å². The predicted octanol–water partition coefficient (Wildman–Crippen LogP) is 3.59. The summed E-state index contributed by atoms with van der Waals surface area (Å²) in [6.07, 6.45) is -2.76. The van der Waals surface area contributed by atoms with Gasteiger partial charge in [-0.3, -0.25) is 14.6 Å². The van der Waals surface area contributed by atoms with Crippen molar-refractivity contribution in [3.63, 3.8) is 0 Å². The number of rotatable bonds is 7. The third-order valence-corrected chi connectivity index (χ3v) is 5.43. The summed E-state index contributed by atoms with van der Waals surface area (Å²) in [5.74, 6) is -2.73. The summed E-state index contributed by atoms with van der Waals surface area (Å²) in [7, 11) is 0. The molecule has 0 bridgehead atoms. The third kappa shape index (κ3) is 5.59. The third-order valence-electron chi connectivity index (χ3n) is 5.43. The zero-order valence-electron chi connectivity index (χ0n) is 18.5. The number of halogens is 3. The molecule has 12 heteroatoms. The minimum Gasteiger partial charge on any atom is -0.508 e. The smallest absolute Gasteiger partial charge is 0.420 e. The lowest BCUT2D eigenvalue weighted by Gasteiger charge is -2.17. The van der Waals surface area contributed by atoms with Gasteiger partial charge < -0.3 is 30.7 Å². The van der Waals surface area contributed by atoms with Crippen LogP contribution in [0.1, 0.15) is 34.5 Å². The van der Waals surface area contributed by atoms with E-state index in [1.807, 2.05) is 0 Å². The van der Waals surface area contributed by atoms with Gasteiger partial charge in [0, 0.05) is 11.6 Å². The molecule has 4 rings (SSSR count). The molecular weight excluding hydrogens is 483 g/mol. The van der Waals surface area contributed by atoms with Crippen molar-refractivity contribution in [2.75, 3.05) is 0 Å². The highest BCUT2D eigenvalue weighted by molar-refractivity contribution is 6.01. The fraction of sp³-hybridized carbons (Fsp3) is 0.208. The normalized spacial score (nSPS) is 14.1. The van der Waals surface area contributed by atoms with E-state index < -0.39 is 40.6 Å². The molecule has 2 aromatic carbocycles. The molecule has 1 heterocycles. The maximum atomic E-state index is 13.2. The zero-order valence-corrected chi connectivity index (χ0v) is 18.5. The van der Waals surface area contributed by atoms with E-state index in [2.05, 4.69) is 15.6 Å². The Labute approximate surface area is 202 Å². The molecule has 0 radical (unpaired) electrons. The number of hydrogen-bond acceptors (Lipinski definition) is 7. The van der Waals surface area contributed by atoms with Crippen LogP contribution < -0.4 is 15.4 Å². The number of aromatic hydroxyl groups is 3. The largest absolute Gasteiger partial charge is 0.508 e. The Hall–Kier alpha value is -4.48. The molecule has 9 nitrogen and oxygen atoms in total. The maximum Gasteiger partial charge on any atom is 0.420 e. The van der Waals surface area contributed by atoms with Gasteiger partial charge in [-0.25, -0.2) is 0 Å². The summed E-state index contributed by atoms with van der Waals surface area (Å²) in [5, 5.41) is 33.7. The molecule has 0 spiro atoms. The average Bonchev–Trinajstić information content (AvgIpc) is 3.59. The highest BCUT2D eigenvalue weighted by atomic mass is 19.4. The number of benzene rings is 2. The highest BCUT2D eigenvalue weighted by Crippen LogP contribution is 2.40. The molecule has 0 unspecified atom stereocenters. The number of carbonyl (C=O) groups is 2. The lowest BCUT2D eigenvalue weighted by Crippen LogP contribution is -2.48. The van der Waals surface area contributed by atoms with E-state index in [1.165, 1.54) is 18.3 Å². The molecule has 1 aliphatic rings. The lowest BCUT2D eigenvalue weighted by atomic mass is 10.1. The van der Waals surface area contributed by atoms with Crippen molar-refractivity contribution in [1.29, 1.82) is 0 Å². The van der Waals surface area contributed by atoms with Gasteiger partial charge in [0.2, 0.25) is 5.91 Å². The molecule has 36 heavy (non-hydrogen) atoms. The fourth-order valence-corrected chi connectivity index (χ4v) is 3.42. The number of aromatic nitrogens is 1. The second-order valence-corrected chi connectivity index (χ2v) is 8.22. The number of phenols is 3. The standard InChI is InChI=1S/C24H20F3N3O6/c25-24(26,27)19-10-15(31)2-4-20(19)36-18-3-1-14(28-12-18)11-29-22(35)23(5-6-23)30-21(34)13-7-16(32)9-17(33)8-13/h1-4,7-10,12,31-33H,5-6,11H2,(H,29,35)(H,30,34). The molecule has 1 saturated carbocycles. The minimum atomic E-state index is -4.73. The number of amides is 2. The molecule has 1 aromatic heterocycles. The van der Waals surface area contributed by atoms with E-state index >= 15 is 0 Å². The molecule has 0 aliphatic heterocycles. The van der Waals surface area contributed by atoms with E-state index in [9.17, 15) is 38.1 Å². The van der Waals surface area contributed by atoms with Gasteiger partial charge in [0.05, 0.1) is 18.4 Å². The van der Waals surface area contributed by atoms with Crippen molar-refractivity contribution in [3.05, 3.63) is 71.5 Å². The van der Waals surface area contributed by atoms with Crippen LogP contribution in [-0.4, -0.2) is 37.7 Å². The van der Waals surface area contributed by atoms with E-state index in [4.69, 9.17) is 4.74 Å². The summed E-state index contributed by atoms with van der Waals surface area (Å²) >= 11 is 0. The van der Waals surface area contributed by atoms with E-state index in [0.29, 0.717) is 24.6 Å². The molecule has 188 valence electrons. The molecule has 2 amide bonds. The molecule has 0 atom stereocenters. The van der Waals surface area contributed by atoms with Crippen LogP contribution in [0.2, 0.25) is 0 Å². The summed E-state index contributed by atoms with van der Waals surface area (Å²) in [6, 6.07) is 8.84. The van der Waals surface area contributed by atoms with Crippen LogP contribution in [0.4, 0.5) is 13.2 Å². The molecule has 3 aromatic rings. The summed E-state index contributed by atoms with van der Waals surface area (Å²) < 4.78 is 44.8. The van der Waals surface area contributed by atoms with Crippen molar-refractivity contribution in [2.45, 2.75) is 31.1 Å². The number of nitrogens with one attached hydrogen (secondary N) is 2. The topological polar surface area (TPSA) is 141 Å². The Kier molecular flexibility index (Phi) is 6.35. The molecule has 0 saturated heterocycles. The van der Waals surface area contributed by atoms with Crippen LogP contribution >= 0.6 is 0 Å². The summed E-state index contributed by atoms with van der Waals surface area (Å²) in [4.78, 5) is 29.2. The number of alkyl halides is 3. The molecule has 1 aliphatic carbocycles. The SMILES string of the molecule is O=C(NC1(C(=O)NCc2ccc(Oc3ccc(O)cc3C(F)(F)F)cn2)CC1)c1cc(O)cc(O)c1. The van der Waals surface area contributed by atoms with Crippen LogP contribution in [0, 0.1) is 0 Å². The average molecular weight is 503 g/mol. The highest BCUT2D eigenvalue weighted by Gasteiger charge is 2.51. The van der Waals surface area contributed by atoms with Gasteiger partial charge in [-0.15, -0.1) is 0 Å². The first kappa shape index (κ1) is 24.6. The first-order chi connectivity index (χ1) is 16.9. The van der Waals surface area contributed by atoms with Crippen LogP contribution in [0.25, 0.3) is 0 Å². The van der Waals surface area contributed by atoms with Crippen molar-refractivity contribution in [1.82, 2.24) is 15.6 Å². The number of ether oxygens (including phenoxy) is 1. The Balaban J connectivity index is 1.36. The predicted molar refractivity (Wildman–Crippen MR) is 118 cm³/mol. The number of phenolic OH excluding ortho intramolecular Hbond substituents is 3. The minimum absolute atomic E-state index is 0.00820. The zero-order chi connectivity index (χ0) is 26.1. The van der Waals surface area contributed by atoms with Crippen LogP contribution in [-0.2, 0) is 17.5 Å². The Bertz CT molecular complexity index is 1290. The summed E-state index contributed by atoms with van der Waals surface area (Å²) in [5.41, 5.74) is -1.89. The summed E-state index contributed by atoms with van der Waals surface area (Å²) in [6.45, 7) is -0.0172. The van der Waals surface area contributed by atoms with Gasteiger partial charge in [-0.05, 0) is 55.3 Å². The number of pyridine rings is 1. The Morgan fingerprint density at radius 3 is 2.25 bits per heavy atom. The van der Waals surface area contributed by atoms with Crippen molar-refractivity contribution in [3.8, 4) is 28.7 Å². The first-order valence-corrected chi connectivity index (χ1v) is 10.6. The molecule has 1 fully saturated rings. The second-order valence-electron chi connectivity index (χ2n) is 8.22. The van der Waals surface area contributed by atoms with Gasteiger partial charge in [-0.2, -0.15) is 13.2 Å². The van der Waals surface area contributed by atoms with E-state index in [0.717, 1.165) is 30.3 Å². The van der Waals surface area contributed by atoms with Crippen molar-refractivity contribution >= 4 is 11.8 Å². The number of carbonyl (C=O) groups excluding carboxylic acids is 2. The van der Waals surface area contributed by atoms with Crippen LogP contribution in [0.5, 0.6) is 28.7 Å². The van der Waals surface area contributed by atoms with Crippen molar-refractivity contribution in [2.24, 2.45) is 0 Å². The van der Waals surface area contributed by atoms with Gasteiger partial charge in [0.1, 0.15) is 39.8 Å². The second kappa shape index (κ2) is 9.29. The number of nitrogens with zero attached hydrogens (tertiary/aromatic N) is 1. The van der Waals surface area contributed by atoms with Gasteiger partial charge in [-0.1, -0.05) is 0 Å². The fourth-order valence-electron chi connectivity index (χ4n) is 3.42. The first-order valence-electron chi connectivity index (χ1n) is 10.6.